The Labute approximate surface area is 235 Å². The quantitative estimate of drug-likeness (QED) is 0.519. The summed E-state index contributed by atoms with van der Waals surface area (Å²) < 4.78 is 6.13. The summed E-state index contributed by atoms with van der Waals surface area (Å²) in [5.41, 5.74) is 0.586. The number of aliphatic hydroxyl groups excluding tert-OH is 1. The molecule has 0 aliphatic heterocycles. The first-order valence-corrected chi connectivity index (χ1v) is 15.2. The van der Waals surface area contributed by atoms with Gasteiger partial charge in [0.05, 0.1) is 12.1 Å². The molecule has 4 fully saturated rings. The molecule has 1 N–H and O–H groups in total. The van der Waals surface area contributed by atoms with Crippen molar-refractivity contribution in [1.29, 1.82) is 0 Å². The molecule has 0 spiro atoms. The largest absolute Gasteiger partial charge is 0.460 e. The molecule has 1 aromatic carbocycles. The summed E-state index contributed by atoms with van der Waals surface area (Å²) >= 11 is 0. The molecular formula is C33H50N2O4. The molecule has 0 radical (unpaired) electrons. The van der Waals surface area contributed by atoms with Crippen molar-refractivity contribution in [1.82, 2.24) is 9.80 Å². The van der Waals surface area contributed by atoms with Gasteiger partial charge in [-0.2, -0.15) is 0 Å². The number of carbonyl (C=O) groups is 2. The first-order chi connectivity index (χ1) is 18.4. The zero-order valence-corrected chi connectivity index (χ0v) is 25.1. The van der Waals surface area contributed by atoms with Crippen LogP contribution < -0.4 is 0 Å². The predicted octanol–water partition coefficient (Wildman–Crippen LogP) is 5.25. The van der Waals surface area contributed by atoms with Gasteiger partial charge in [0.2, 0.25) is 0 Å². The van der Waals surface area contributed by atoms with E-state index in [0.717, 1.165) is 32.1 Å². The molecule has 0 heterocycles. The van der Waals surface area contributed by atoms with Gasteiger partial charge >= 0.3 is 5.97 Å². The van der Waals surface area contributed by atoms with Crippen LogP contribution in [0.4, 0.5) is 0 Å². The molecule has 39 heavy (non-hydrogen) atoms. The number of nitrogens with zero attached hydrogens (tertiary/aromatic N) is 2. The Morgan fingerprint density at radius 3 is 2.28 bits per heavy atom. The van der Waals surface area contributed by atoms with Crippen molar-refractivity contribution in [2.75, 3.05) is 21.1 Å². The van der Waals surface area contributed by atoms with Crippen molar-refractivity contribution in [2.24, 2.45) is 40.4 Å². The van der Waals surface area contributed by atoms with Crippen molar-refractivity contribution in [3.8, 4) is 0 Å². The standard InChI is InChI=1S/C33H50N2O4/c1-20(34(5)6)24-15-16-25-23-13-14-26-30(39-21(2)36)28(35(7)31(38)22-11-9-8-10-12-22)17-18-32(26,3)27(23)19-29(37)33(24,25)4/h8-12,20,23-30,37H,13-19H2,1-7H3. The van der Waals surface area contributed by atoms with Crippen LogP contribution in [-0.4, -0.2) is 72.2 Å². The van der Waals surface area contributed by atoms with Gasteiger partial charge in [-0.3, -0.25) is 9.59 Å². The van der Waals surface area contributed by atoms with E-state index in [1.54, 1.807) is 0 Å². The topological polar surface area (TPSA) is 70.1 Å². The van der Waals surface area contributed by atoms with Gasteiger partial charge in [0.15, 0.2) is 0 Å². The number of esters is 1. The number of amides is 1. The Morgan fingerprint density at radius 1 is 0.974 bits per heavy atom. The van der Waals surface area contributed by atoms with Gasteiger partial charge in [0.1, 0.15) is 6.10 Å². The lowest BCUT2D eigenvalue weighted by molar-refractivity contribution is -0.202. The second-order valence-corrected chi connectivity index (χ2v) is 14.0. The third kappa shape index (κ3) is 4.54. The van der Waals surface area contributed by atoms with Crippen LogP contribution in [-0.2, 0) is 9.53 Å². The third-order valence-electron chi connectivity index (χ3n) is 12.4. The van der Waals surface area contributed by atoms with Gasteiger partial charge in [-0.15, -0.1) is 0 Å². The monoisotopic (exact) mass is 538 g/mol. The molecule has 216 valence electrons. The second-order valence-electron chi connectivity index (χ2n) is 14.0. The van der Waals surface area contributed by atoms with E-state index in [0.29, 0.717) is 35.3 Å². The van der Waals surface area contributed by atoms with Crippen LogP contribution in [0.2, 0.25) is 0 Å². The van der Waals surface area contributed by atoms with Gasteiger partial charge in [0.25, 0.3) is 5.91 Å². The number of hydrogen-bond donors (Lipinski definition) is 1. The van der Waals surface area contributed by atoms with Crippen molar-refractivity contribution in [3.63, 3.8) is 0 Å². The average Bonchev–Trinajstić information content (AvgIpc) is 3.26. The molecular weight excluding hydrogens is 488 g/mol. The fourth-order valence-corrected chi connectivity index (χ4v) is 10.1. The van der Waals surface area contributed by atoms with Crippen LogP contribution in [0.1, 0.15) is 83.0 Å². The van der Waals surface area contributed by atoms with Crippen LogP contribution in [0.3, 0.4) is 0 Å². The molecule has 4 aliphatic carbocycles. The van der Waals surface area contributed by atoms with Crippen molar-refractivity contribution >= 4 is 11.9 Å². The molecule has 4 aliphatic rings. The average molecular weight is 539 g/mol. The van der Waals surface area contributed by atoms with E-state index in [-0.39, 0.29) is 46.9 Å². The molecule has 1 aromatic rings. The molecule has 6 heteroatoms. The highest BCUT2D eigenvalue weighted by atomic mass is 16.5. The summed E-state index contributed by atoms with van der Waals surface area (Å²) in [7, 11) is 6.20. The van der Waals surface area contributed by atoms with Gasteiger partial charge in [-0.1, -0.05) is 32.0 Å². The van der Waals surface area contributed by atoms with Gasteiger partial charge in [0, 0.05) is 36.9 Å². The highest BCUT2D eigenvalue weighted by molar-refractivity contribution is 5.94. The molecule has 5 rings (SSSR count). The zero-order valence-electron chi connectivity index (χ0n) is 25.1. The number of carbonyl (C=O) groups excluding carboxylic acids is 2. The Kier molecular flexibility index (Phi) is 7.69. The highest BCUT2D eigenvalue weighted by Crippen LogP contribution is 2.68. The van der Waals surface area contributed by atoms with E-state index < -0.39 is 0 Å². The fraction of sp³-hybridized carbons (Fsp3) is 0.758. The minimum atomic E-state index is -0.324. The first-order valence-electron chi connectivity index (χ1n) is 15.2. The zero-order chi connectivity index (χ0) is 28.3. The number of aliphatic hydroxyl groups is 1. The maximum absolute atomic E-state index is 13.4. The minimum absolute atomic E-state index is 0.0223. The maximum Gasteiger partial charge on any atom is 0.302 e. The Balaban J connectivity index is 1.43. The van der Waals surface area contributed by atoms with Gasteiger partial charge in [-0.25, -0.2) is 0 Å². The lowest BCUT2D eigenvalue weighted by Crippen LogP contribution is -2.64. The second kappa shape index (κ2) is 10.5. The Hall–Kier alpha value is -1.92. The smallest absolute Gasteiger partial charge is 0.302 e. The van der Waals surface area contributed by atoms with E-state index in [1.165, 1.54) is 19.8 Å². The summed E-state index contributed by atoms with van der Waals surface area (Å²) in [6.45, 7) is 8.61. The van der Waals surface area contributed by atoms with Crippen molar-refractivity contribution in [2.45, 2.75) is 96.9 Å². The normalized spacial score (nSPS) is 42.2. The van der Waals surface area contributed by atoms with Crippen molar-refractivity contribution in [3.05, 3.63) is 35.9 Å². The summed E-state index contributed by atoms with van der Waals surface area (Å²) in [4.78, 5) is 30.0. The number of benzene rings is 1. The minimum Gasteiger partial charge on any atom is -0.460 e. The van der Waals surface area contributed by atoms with Crippen LogP contribution >= 0.6 is 0 Å². The third-order valence-corrected chi connectivity index (χ3v) is 12.4. The fourth-order valence-electron chi connectivity index (χ4n) is 10.1. The van der Waals surface area contributed by atoms with E-state index in [2.05, 4.69) is 39.8 Å². The van der Waals surface area contributed by atoms with Crippen LogP contribution in [0.25, 0.3) is 0 Å². The molecule has 6 nitrogen and oxygen atoms in total. The van der Waals surface area contributed by atoms with E-state index in [4.69, 9.17) is 4.74 Å². The van der Waals surface area contributed by atoms with Gasteiger partial charge < -0.3 is 19.6 Å². The summed E-state index contributed by atoms with van der Waals surface area (Å²) in [5.74, 6) is 1.92. The molecule has 4 saturated carbocycles. The van der Waals surface area contributed by atoms with E-state index in [1.807, 2.05) is 42.3 Å². The van der Waals surface area contributed by atoms with Crippen LogP contribution in [0.5, 0.6) is 0 Å². The predicted molar refractivity (Wildman–Crippen MR) is 153 cm³/mol. The van der Waals surface area contributed by atoms with E-state index >= 15 is 0 Å². The van der Waals surface area contributed by atoms with E-state index in [9.17, 15) is 14.7 Å². The number of ether oxygens (including phenoxy) is 1. The number of likely N-dealkylation sites (N-methyl/N-ethyl adjacent to an activating group) is 1. The lowest BCUT2D eigenvalue weighted by atomic mass is 9.43. The van der Waals surface area contributed by atoms with Crippen LogP contribution in [0, 0.1) is 40.4 Å². The summed E-state index contributed by atoms with van der Waals surface area (Å²) in [6, 6.07) is 9.69. The highest BCUT2D eigenvalue weighted by Gasteiger charge is 2.65. The Morgan fingerprint density at radius 2 is 1.64 bits per heavy atom. The molecule has 11 atom stereocenters. The molecule has 1 amide bonds. The maximum atomic E-state index is 13.4. The summed E-state index contributed by atoms with van der Waals surface area (Å²) in [6.07, 6.45) is 6.49. The number of hydrogen-bond acceptors (Lipinski definition) is 5. The molecule has 0 saturated heterocycles. The molecule has 11 unspecified atom stereocenters. The first kappa shape index (κ1) is 28.6. The molecule has 0 bridgehead atoms. The van der Waals surface area contributed by atoms with Gasteiger partial charge in [-0.05, 0) is 107 Å². The molecule has 0 aromatic heterocycles. The summed E-state index contributed by atoms with van der Waals surface area (Å²) in [5, 5.41) is 11.9. The number of fused-ring (bicyclic) bond motifs is 5. The Bertz CT molecular complexity index is 1060. The number of rotatable bonds is 5. The van der Waals surface area contributed by atoms with Crippen molar-refractivity contribution < 1.29 is 19.4 Å². The lowest BCUT2D eigenvalue weighted by Gasteiger charge is -2.64. The SMILES string of the molecule is CC(=O)OC1C(N(C)C(=O)c2ccccc2)CCC2(C)C3CC(O)C4(C)C(CCC4C(C)N(C)C)C3CCC12. The van der Waals surface area contributed by atoms with Crippen LogP contribution in [0.15, 0.2) is 30.3 Å².